The molecule has 3 aromatic rings. The number of halogens is 2. The minimum atomic E-state index is -0.494. The molecule has 3 rings (SSSR count). The van der Waals surface area contributed by atoms with Gasteiger partial charge in [0, 0.05) is 10.0 Å². The van der Waals surface area contributed by atoms with Crippen molar-refractivity contribution in [3.8, 4) is 0 Å². The molecule has 0 spiro atoms. The van der Waals surface area contributed by atoms with Crippen molar-refractivity contribution in [3.05, 3.63) is 82.4 Å². The van der Waals surface area contributed by atoms with Gasteiger partial charge in [0.2, 0.25) is 0 Å². The summed E-state index contributed by atoms with van der Waals surface area (Å²) in [6.07, 6.45) is 3.52. The molecule has 0 bridgehead atoms. The molecule has 0 atom stereocenters. The van der Waals surface area contributed by atoms with Crippen molar-refractivity contribution in [1.82, 2.24) is 14.8 Å². The molecule has 3 nitrogen and oxygen atoms in total. The molecule has 0 amide bonds. The van der Waals surface area contributed by atoms with Gasteiger partial charge in [-0.05, 0) is 40.8 Å². The number of nitrogens with zero attached hydrogens (tertiary/aromatic N) is 3. The highest BCUT2D eigenvalue weighted by atomic mass is 35.5. The fourth-order valence-electron chi connectivity index (χ4n) is 3.47. The SMILES string of the molecule is CC(C)(C)C(c1ccc(Cl)cc1)(c1ccc(Cl)cc1)n1cnnc1. The van der Waals surface area contributed by atoms with Gasteiger partial charge in [-0.2, -0.15) is 0 Å². The predicted octanol–water partition coefficient (Wildman–Crippen LogP) is 5.42. The molecular weight excluding hydrogens is 341 g/mol. The molecule has 0 aliphatic carbocycles. The van der Waals surface area contributed by atoms with Gasteiger partial charge in [-0.1, -0.05) is 68.2 Å². The standard InChI is InChI=1S/C19H19Cl2N3/c1-18(2,3)19(24-12-22-23-13-24,14-4-8-16(20)9-5-14)15-6-10-17(21)11-7-15/h4-13H,1-3H3. The fourth-order valence-corrected chi connectivity index (χ4v) is 3.73. The zero-order valence-corrected chi connectivity index (χ0v) is 15.4. The van der Waals surface area contributed by atoms with Crippen LogP contribution >= 0.6 is 23.2 Å². The average Bonchev–Trinajstić information content (AvgIpc) is 3.05. The highest BCUT2D eigenvalue weighted by molar-refractivity contribution is 6.30. The Hall–Kier alpha value is -1.84. The Morgan fingerprint density at radius 2 is 1.08 bits per heavy atom. The van der Waals surface area contributed by atoms with E-state index in [1.165, 1.54) is 0 Å². The van der Waals surface area contributed by atoms with Crippen molar-refractivity contribution in [2.45, 2.75) is 26.3 Å². The van der Waals surface area contributed by atoms with Gasteiger partial charge in [0.05, 0.1) is 0 Å². The molecule has 5 heteroatoms. The van der Waals surface area contributed by atoms with Crippen LogP contribution in [-0.2, 0) is 5.54 Å². The number of hydrogen-bond donors (Lipinski definition) is 0. The molecule has 0 saturated carbocycles. The molecule has 0 fully saturated rings. The zero-order chi connectivity index (χ0) is 17.4. The third-order valence-corrected chi connectivity index (χ3v) is 4.92. The molecule has 1 aromatic heterocycles. The second-order valence-electron chi connectivity index (χ2n) is 6.84. The van der Waals surface area contributed by atoms with E-state index in [2.05, 4.69) is 59.8 Å². The molecule has 1 heterocycles. The van der Waals surface area contributed by atoms with E-state index >= 15 is 0 Å². The summed E-state index contributed by atoms with van der Waals surface area (Å²) in [4.78, 5) is 0. The van der Waals surface area contributed by atoms with Crippen LogP contribution in [0.25, 0.3) is 0 Å². The van der Waals surface area contributed by atoms with Crippen molar-refractivity contribution in [2.24, 2.45) is 5.41 Å². The van der Waals surface area contributed by atoms with Crippen molar-refractivity contribution in [2.75, 3.05) is 0 Å². The van der Waals surface area contributed by atoms with E-state index in [4.69, 9.17) is 23.2 Å². The van der Waals surface area contributed by atoms with Gasteiger partial charge >= 0.3 is 0 Å². The lowest BCUT2D eigenvalue weighted by Gasteiger charge is -2.46. The topological polar surface area (TPSA) is 30.7 Å². The lowest BCUT2D eigenvalue weighted by atomic mass is 9.65. The first-order chi connectivity index (χ1) is 11.4. The third kappa shape index (κ3) is 2.72. The first kappa shape index (κ1) is 17.0. The van der Waals surface area contributed by atoms with Crippen molar-refractivity contribution < 1.29 is 0 Å². The summed E-state index contributed by atoms with van der Waals surface area (Å²) < 4.78 is 2.06. The molecule has 0 aliphatic rings. The maximum absolute atomic E-state index is 6.12. The first-order valence-corrected chi connectivity index (χ1v) is 8.48. The van der Waals surface area contributed by atoms with Crippen LogP contribution in [0, 0.1) is 5.41 Å². The monoisotopic (exact) mass is 359 g/mol. The molecular formula is C19H19Cl2N3. The summed E-state index contributed by atoms with van der Waals surface area (Å²) in [5.41, 5.74) is 1.56. The Balaban J connectivity index is 2.37. The van der Waals surface area contributed by atoms with Gasteiger partial charge < -0.3 is 4.57 Å². The third-order valence-electron chi connectivity index (χ3n) is 4.42. The van der Waals surface area contributed by atoms with E-state index in [1.54, 1.807) is 12.7 Å². The van der Waals surface area contributed by atoms with Crippen LogP contribution in [0.4, 0.5) is 0 Å². The Kier molecular flexibility index (Phi) is 4.41. The second-order valence-corrected chi connectivity index (χ2v) is 7.72. The lowest BCUT2D eigenvalue weighted by Crippen LogP contribution is -2.47. The molecule has 0 saturated heterocycles. The van der Waals surface area contributed by atoms with Gasteiger partial charge in [-0.25, -0.2) is 0 Å². The summed E-state index contributed by atoms with van der Waals surface area (Å²) in [6, 6.07) is 15.9. The maximum Gasteiger partial charge on any atom is 0.120 e. The molecule has 24 heavy (non-hydrogen) atoms. The Labute approximate surface area is 152 Å². The van der Waals surface area contributed by atoms with Gasteiger partial charge in [-0.3, -0.25) is 0 Å². The molecule has 0 N–H and O–H groups in total. The highest BCUT2D eigenvalue weighted by Crippen LogP contribution is 2.48. The van der Waals surface area contributed by atoms with Crippen molar-refractivity contribution in [1.29, 1.82) is 0 Å². The quantitative estimate of drug-likeness (QED) is 0.624. The van der Waals surface area contributed by atoms with E-state index < -0.39 is 5.54 Å². The first-order valence-electron chi connectivity index (χ1n) is 7.73. The van der Waals surface area contributed by atoms with Crippen LogP contribution in [0.2, 0.25) is 10.0 Å². The van der Waals surface area contributed by atoms with Crippen LogP contribution in [0.3, 0.4) is 0 Å². The predicted molar refractivity (Wildman–Crippen MR) is 98.6 cm³/mol. The van der Waals surface area contributed by atoms with E-state index in [0.29, 0.717) is 10.0 Å². The van der Waals surface area contributed by atoms with Crippen molar-refractivity contribution >= 4 is 23.2 Å². The molecule has 0 radical (unpaired) electrons. The number of rotatable bonds is 3. The summed E-state index contributed by atoms with van der Waals surface area (Å²) in [5, 5.41) is 9.52. The Morgan fingerprint density at radius 3 is 1.42 bits per heavy atom. The van der Waals surface area contributed by atoms with Crippen molar-refractivity contribution in [3.63, 3.8) is 0 Å². The smallest absolute Gasteiger partial charge is 0.120 e. The summed E-state index contributed by atoms with van der Waals surface area (Å²) in [6.45, 7) is 6.61. The summed E-state index contributed by atoms with van der Waals surface area (Å²) >= 11 is 12.2. The summed E-state index contributed by atoms with van der Waals surface area (Å²) in [7, 11) is 0. The van der Waals surface area contributed by atoms with Gasteiger partial charge in [0.15, 0.2) is 0 Å². The molecule has 0 unspecified atom stereocenters. The fraction of sp³-hybridized carbons (Fsp3) is 0.263. The Morgan fingerprint density at radius 1 is 0.708 bits per heavy atom. The second kappa shape index (κ2) is 6.23. The Bertz CT molecular complexity index is 756. The molecule has 0 aliphatic heterocycles. The molecule has 2 aromatic carbocycles. The minimum absolute atomic E-state index is 0.170. The van der Waals surface area contributed by atoms with Gasteiger partial charge in [-0.15, -0.1) is 10.2 Å². The lowest BCUT2D eigenvalue weighted by molar-refractivity contribution is 0.188. The normalized spacial score (nSPS) is 12.4. The summed E-state index contributed by atoms with van der Waals surface area (Å²) in [5.74, 6) is 0. The van der Waals surface area contributed by atoms with Crippen LogP contribution < -0.4 is 0 Å². The van der Waals surface area contributed by atoms with Crippen LogP contribution in [0.15, 0.2) is 61.2 Å². The number of aromatic nitrogens is 3. The number of hydrogen-bond acceptors (Lipinski definition) is 2. The van der Waals surface area contributed by atoms with Gasteiger partial charge in [0.1, 0.15) is 18.2 Å². The van der Waals surface area contributed by atoms with E-state index in [-0.39, 0.29) is 5.41 Å². The van der Waals surface area contributed by atoms with Crippen LogP contribution in [0.1, 0.15) is 31.9 Å². The maximum atomic E-state index is 6.12. The largest absolute Gasteiger partial charge is 0.305 e. The van der Waals surface area contributed by atoms with E-state index in [0.717, 1.165) is 11.1 Å². The average molecular weight is 360 g/mol. The minimum Gasteiger partial charge on any atom is -0.305 e. The highest BCUT2D eigenvalue weighted by Gasteiger charge is 2.46. The zero-order valence-electron chi connectivity index (χ0n) is 13.9. The number of benzene rings is 2. The molecule has 124 valence electrons. The van der Waals surface area contributed by atoms with Crippen LogP contribution in [0.5, 0.6) is 0 Å². The van der Waals surface area contributed by atoms with E-state index in [9.17, 15) is 0 Å². The van der Waals surface area contributed by atoms with Gasteiger partial charge in [0.25, 0.3) is 0 Å². The van der Waals surface area contributed by atoms with E-state index in [1.807, 2.05) is 24.3 Å². The van der Waals surface area contributed by atoms with Crippen LogP contribution in [-0.4, -0.2) is 14.8 Å².